The molecule has 0 aliphatic carbocycles. The van der Waals surface area contributed by atoms with Crippen molar-refractivity contribution in [3.63, 3.8) is 0 Å². The van der Waals surface area contributed by atoms with Crippen molar-refractivity contribution in [3.05, 3.63) is 53.3 Å². The monoisotopic (exact) mass is 372 g/mol. The van der Waals surface area contributed by atoms with Crippen LogP contribution in [-0.2, 0) is 20.7 Å². The molecule has 0 spiro atoms. The number of aromatic nitrogens is 1. The number of rotatable bonds is 7. The van der Waals surface area contributed by atoms with Crippen molar-refractivity contribution >= 4 is 33.2 Å². The predicted octanol–water partition coefficient (Wildman–Crippen LogP) is 2.98. The van der Waals surface area contributed by atoms with E-state index >= 15 is 0 Å². The number of halogens is 1. The number of ether oxygens (including phenoxy) is 1. The lowest BCUT2D eigenvalue weighted by atomic mass is 10.1. The molecule has 0 bridgehead atoms. The number of nitrogens with zero attached hydrogens (tertiary/aromatic N) is 1. The number of thiazole rings is 1. The van der Waals surface area contributed by atoms with Crippen molar-refractivity contribution in [3.8, 4) is 11.1 Å². The summed E-state index contributed by atoms with van der Waals surface area (Å²) in [4.78, 5) is 27.7. The Morgan fingerprint density at radius 2 is 2.00 bits per heavy atom. The average molecular weight is 372 g/mol. The van der Waals surface area contributed by atoms with Crippen molar-refractivity contribution in [2.24, 2.45) is 0 Å². The van der Waals surface area contributed by atoms with Crippen LogP contribution in [0, 0.1) is 5.82 Å². The zero-order valence-electron chi connectivity index (χ0n) is 14.1. The number of carbonyl (C=O) groups is 2. The molecule has 0 saturated heterocycles. The van der Waals surface area contributed by atoms with Crippen molar-refractivity contribution in [2.45, 2.75) is 6.42 Å². The van der Waals surface area contributed by atoms with Gasteiger partial charge < -0.3 is 10.1 Å². The molecule has 0 fully saturated rings. The van der Waals surface area contributed by atoms with Gasteiger partial charge in [-0.3, -0.25) is 9.59 Å². The molecule has 0 radical (unpaired) electrons. The molecule has 1 N–H and O–H groups in total. The van der Waals surface area contributed by atoms with Crippen LogP contribution in [0.15, 0.2) is 42.5 Å². The second-order valence-electron chi connectivity index (χ2n) is 5.73. The number of Topliss-reactive ketones (excluding diaryl/α,β-unsaturated/α-hetero) is 1. The van der Waals surface area contributed by atoms with Gasteiger partial charge in [0, 0.05) is 7.11 Å². The highest BCUT2D eigenvalue weighted by molar-refractivity contribution is 7.18. The van der Waals surface area contributed by atoms with Crippen LogP contribution in [0.25, 0.3) is 21.3 Å². The van der Waals surface area contributed by atoms with Gasteiger partial charge in [0.25, 0.3) is 0 Å². The minimum atomic E-state index is -0.285. The molecule has 3 aromatic rings. The van der Waals surface area contributed by atoms with E-state index in [4.69, 9.17) is 4.74 Å². The Hall–Kier alpha value is -2.64. The second-order valence-corrected chi connectivity index (χ2v) is 6.84. The van der Waals surface area contributed by atoms with Gasteiger partial charge >= 0.3 is 0 Å². The molecule has 0 saturated carbocycles. The molecule has 0 atom stereocenters. The van der Waals surface area contributed by atoms with Crippen molar-refractivity contribution in [1.82, 2.24) is 10.3 Å². The number of hydrogen-bond acceptors (Lipinski definition) is 5. The molecule has 0 aliphatic heterocycles. The number of amides is 1. The molecular weight excluding hydrogens is 355 g/mol. The topological polar surface area (TPSA) is 68.3 Å². The van der Waals surface area contributed by atoms with E-state index in [-0.39, 0.29) is 37.1 Å². The van der Waals surface area contributed by atoms with Crippen molar-refractivity contribution < 1.29 is 18.7 Å². The highest BCUT2D eigenvalue weighted by Crippen LogP contribution is 2.28. The molecule has 0 unspecified atom stereocenters. The summed E-state index contributed by atoms with van der Waals surface area (Å²) < 4.78 is 19.0. The third-order valence-electron chi connectivity index (χ3n) is 3.69. The number of nitrogens with one attached hydrogen (secondary N) is 1. The van der Waals surface area contributed by atoms with Crippen LogP contribution >= 0.6 is 11.3 Å². The normalized spacial score (nSPS) is 10.8. The number of methoxy groups -OCH3 is 1. The highest BCUT2D eigenvalue weighted by atomic mass is 32.1. The maximum atomic E-state index is 13.4. The van der Waals surface area contributed by atoms with Gasteiger partial charge in [0.05, 0.1) is 23.2 Å². The van der Waals surface area contributed by atoms with Crippen LogP contribution in [0.5, 0.6) is 0 Å². The van der Waals surface area contributed by atoms with Crippen LogP contribution in [0.2, 0.25) is 0 Å². The Morgan fingerprint density at radius 1 is 1.19 bits per heavy atom. The fraction of sp³-hybridized carbons (Fsp3) is 0.211. The molecule has 0 aliphatic rings. The molecule has 134 valence electrons. The second kappa shape index (κ2) is 8.16. The van der Waals surface area contributed by atoms with E-state index in [0.29, 0.717) is 5.01 Å². The maximum Gasteiger partial charge on any atom is 0.227 e. The van der Waals surface area contributed by atoms with Gasteiger partial charge in [-0.2, -0.15) is 0 Å². The van der Waals surface area contributed by atoms with Gasteiger partial charge in [-0.05, 0) is 35.4 Å². The number of carbonyl (C=O) groups excluding carboxylic acids is 2. The average Bonchev–Trinajstić information content (AvgIpc) is 3.01. The molecule has 1 amide bonds. The van der Waals surface area contributed by atoms with E-state index in [1.807, 2.05) is 24.3 Å². The zero-order chi connectivity index (χ0) is 18.5. The fourth-order valence-electron chi connectivity index (χ4n) is 2.50. The largest absolute Gasteiger partial charge is 0.377 e. The molecule has 1 aromatic heterocycles. The molecule has 2 aromatic carbocycles. The van der Waals surface area contributed by atoms with Crippen LogP contribution in [0.4, 0.5) is 4.39 Å². The van der Waals surface area contributed by atoms with E-state index in [0.717, 1.165) is 21.3 Å². The number of benzene rings is 2. The van der Waals surface area contributed by atoms with Crippen molar-refractivity contribution in [2.75, 3.05) is 20.3 Å². The van der Waals surface area contributed by atoms with E-state index in [2.05, 4.69) is 10.3 Å². The van der Waals surface area contributed by atoms with E-state index < -0.39 is 0 Å². The van der Waals surface area contributed by atoms with E-state index in [9.17, 15) is 14.0 Å². The number of hydrogen-bond donors (Lipinski definition) is 1. The summed E-state index contributed by atoms with van der Waals surface area (Å²) in [5.41, 5.74) is 2.46. The van der Waals surface area contributed by atoms with Gasteiger partial charge in [0.2, 0.25) is 5.91 Å². The van der Waals surface area contributed by atoms with Crippen LogP contribution in [-0.4, -0.2) is 36.9 Å². The van der Waals surface area contributed by atoms with Gasteiger partial charge in [-0.15, -0.1) is 11.3 Å². The van der Waals surface area contributed by atoms with E-state index in [1.165, 1.54) is 30.6 Å². The highest BCUT2D eigenvalue weighted by Gasteiger charge is 2.11. The molecule has 3 rings (SSSR count). The van der Waals surface area contributed by atoms with Gasteiger partial charge in [-0.1, -0.05) is 18.2 Å². The fourth-order valence-corrected chi connectivity index (χ4v) is 3.51. The summed E-state index contributed by atoms with van der Waals surface area (Å²) in [5, 5.41) is 3.22. The minimum absolute atomic E-state index is 0.0235. The zero-order valence-corrected chi connectivity index (χ0v) is 14.9. The summed E-state index contributed by atoms with van der Waals surface area (Å²) in [6.45, 7) is -0.0778. The van der Waals surface area contributed by atoms with Gasteiger partial charge in [0.15, 0.2) is 5.78 Å². The Kier molecular flexibility index (Phi) is 5.70. The SMILES string of the molecule is COCC(=O)CNC(=O)Cc1nc2ccc(-c3cccc(F)c3)cc2s1. The van der Waals surface area contributed by atoms with Crippen LogP contribution in [0.1, 0.15) is 5.01 Å². The Bertz CT molecular complexity index is 955. The third-order valence-corrected chi connectivity index (χ3v) is 4.71. The molecule has 5 nitrogen and oxygen atoms in total. The quantitative estimate of drug-likeness (QED) is 0.692. The lowest BCUT2D eigenvalue weighted by Crippen LogP contribution is -2.32. The maximum absolute atomic E-state index is 13.4. The van der Waals surface area contributed by atoms with Crippen LogP contribution < -0.4 is 5.32 Å². The minimum Gasteiger partial charge on any atom is -0.377 e. The lowest BCUT2D eigenvalue weighted by molar-refractivity contribution is -0.126. The summed E-state index contributed by atoms with van der Waals surface area (Å²) in [6.07, 6.45) is 0.106. The van der Waals surface area contributed by atoms with Crippen molar-refractivity contribution in [1.29, 1.82) is 0 Å². The molecule has 7 heteroatoms. The summed E-state index contributed by atoms with van der Waals surface area (Å²) in [5.74, 6) is -0.740. The number of fused-ring (bicyclic) bond motifs is 1. The smallest absolute Gasteiger partial charge is 0.227 e. The Labute approximate surface area is 153 Å². The number of ketones is 1. The summed E-state index contributed by atoms with van der Waals surface area (Å²) in [6, 6.07) is 12.1. The van der Waals surface area contributed by atoms with E-state index in [1.54, 1.807) is 6.07 Å². The lowest BCUT2D eigenvalue weighted by Gasteiger charge is -2.02. The molecule has 26 heavy (non-hydrogen) atoms. The molecule has 1 heterocycles. The third kappa shape index (κ3) is 4.50. The van der Waals surface area contributed by atoms with Gasteiger partial charge in [0.1, 0.15) is 17.4 Å². The summed E-state index contributed by atoms with van der Waals surface area (Å²) >= 11 is 1.41. The predicted molar refractivity (Wildman–Crippen MR) is 98.6 cm³/mol. The van der Waals surface area contributed by atoms with Crippen LogP contribution in [0.3, 0.4) is 0 Å². The Balaban J connectivity index is 1.71. The first-order chi connectivity index (χ1) is 12.5. The standard InChI is InChI=1S/C19H17FN2O3S/c1-25-11-15(23)10-21-18(24)9-19-22-16-6-5-13(8-17(16)26-19)12-3-2-4-14(20)7-12/h2-8H,9-11H2,1H3,(H,21,24). The first-order valence-electron chi connectivity index (χ1n) is 7.98. The molecular formula is C19H17FN2O3S. The van der Waals surface area contributed by atoms with Gasteiger partial charge in [-0.25, -0.2) is 9.37 Å². The first-order valence-corrected chi connectivity index (χ1v) is 8.79. The summed E-state index contributed by atoms with van der Waals surface area (Å²) in [7, 11) is 1.43. The Morgan fingerprint density at radius 3 is 2.77 bits per heavy atom. The first kappa shape index (κ1) is 18.2.